The van der Waals surface area contributed by atoms with Gasteiger partial charge in [0.2, 0.25) is 0 Å². The van der Waals surface area contributed by atoms with Crippen molar-refractivity contribution in [1.29, 1.82) is 0 Å². The molecule has 0 bridgehead atoms. The minimum Gasteiger partial charge on any atom is -0.481 e. The lowest BCUT2D eigenvalue weighted by Gasteiger charge is -2.29. The van der Waals surface area contributed by atoms with Crippen LogP contribution in [0.3, 0.4) is 0 Å². The first kappa shape index (κ1) is 15.9. The van der Waals surface area contributed by atoms with Crippen molar-refractivity contribution in [3.05, 3.63) is 64.0 Å². The molecular formula is C17H15FN2O4. The number of amides is 1. The second kappa shape index (κ2) is 6.66. The second-order valence-corrected chi connectivity index (χ2v) is 5.44. The number of anilines is 1. The number of para-hydroxylation sites is 1. The van der Waals surface area contributed by atoms with Crippen molar-refractivity contribution < 1.29 is 18.8 Å². The molecule has 0 unspecified atom stereocenters. The molecule has 0 fully saturated rings. The van der Waals surface area contributed by atoms with Gasteiger partial charge in [-0.05, 0) is 36.6 Å². The van der Waals surface area contributed by atoms with Crippen molar-refractivity contribution in [2.45, 2.75) is 12.8 Å². The number of fused-ring (bicyclic) bond motifs is 1. The largest absolute Gasteiger partial charge is 0.481 e. The number of carbonyl (C=O) groups is 1. The van der Waals surface area contributed by atoms with Crippen molar-refractivity contribution >= 4 is 17.3 Å². The highest BCUT2D eigenvalue weighted by atomic mass is 19.1. The minimum atomic E-state index is -0.528. The molecule has 0 N–H and O–H groups in total. The van der Waals surface area contributed by atoms with Gasteiger partial charge in [0.05, 0.1) is 4.92 Å². The Morgan fingerprint density at radius 2 is 2.08 bits per heavy atom. The van der Waals surface area contributed by atoms with Crippen LogP contribution in [0.2, 0.25) is 0 Å². The van der Waals surface area contributed by atoms with Gasteiger partial charge in [-0.1, -0.05) is 12.1 Å². The van der Waals surface area contributed by atoms with Crippen LogP contribution in [0.15, 0.2) is 42.5 Å². The van der Waals surface area contributed by atoms with Crippen LogP contribution in [0, 0.1) is 15.9 Å². The van der Waals surface area contributed by atoms with Gasteiger partial charge in [-0.15, -0.1) is 0 Å². The number of non-ortho nitro benzene ring substituents is 1. The number of halogens is 1. The Kier molecular flexibility index (Phi) is 4.41. The molecule has 3 rings (SSSR count). The predicted octanol–water partition coefficient (Wildman–Crippen LogP) is 3.09. The van der Waals surface area contributed by atoms with Crippen LogP contribution in [0.4, 0.5) is 15.8 Å². The molecule has 0 radical (unpaired) electrons. The third kappa shape index (κ3) is 3.19. The van der Waals surface area contributed by atoms with E-state index in [1.165, 1.54) is 35.2 Å². The minimum absolute atomic E-state index is 0.00524. The number of ether oxygens (including phenoxy) is 1. The first-order valence-corrected chi connectivity index (χ1v) is 7.51. The maximum Gasteiger partial charge on any atom is 0.269 e. The summed E-state index contributed by atoms with van der Waals surface area (Å²) < 4.78 is 18.8. The SMILES string of the molecule is O=C(COc1ccccc1F)N1CCCc2cc([N+](=O)[O-])ccc21. The van der Waals surface area contributed by atoms with Crippen molar-refractivity contribution in [1.82, 2.24) is 0 Å². The Hall–Kier alpha value is -2.96. The fraction of sp³-hybridized carbons (Fsp3) is 0.235. The smallest absolute Gasteiger partial charge is 0.269 e. The van der Waals surface area contributed by atoms with Gasteiger partial charge in [-0.2, -0.15) is 0 Å². The summed E-state index contributed by atoms with van der Waals surface area (Å²) in [7, 11) is 0. The zero-order valence-electron chi connectivity index (χ0n) is 12.8. The van der Waals surface area contributed by atoms with E-state index in [9.17, 15) is 19.3 Å². The molecule has 1 aliphatic heterocycles. The highest BCUT2D eigenvalue weighted by molar-refractivity contribution is 5.95. The molecule has 124 valence electrons. The summed E-state index contributed by atoms with van der Waals surface area (Å²) in [4.78, 5) is 24.3. The Labute approximate surface area is 137 Å². The van der Waals surface area contributed by atoms with Crippen LogP contribution >= 0.6 is 0 Å². The molecule has 1 heterocycles. The van der Waals surface area contributed by atoms with Gasteiger partial charge in [0.15, 0.2) is 18.2 Å². The van der Waals surface area contributed by atoms with E-state index in [-0.39, 0.29) is 24.0 Å². The molecule has 7 heteroatoms. The number of rotatable bonds is 4. The third-order valence-corrected chi connectivity index (χ3v) is 3.88. The molecule has 1 amide bonds. The molecule has 0 saturated carbocycles. The number of nitro benzene ring substituents is 1. The van der Waals surface area contributed by atoms with Gasteiger partial charge in [0.1, 0.15) is 0 Å². The molecule has 0 spiro atoms. The topological polar surface area (TPSA) is 72.7 Å². The molecular weight excluding hydrogens is 315 g/mol. The van der Waals surface area contributed by atoms with Crippen LogP contribution < -0.4 is 9.64 Å². The van der Waals surface area contributed by atoms with Gasteiger partial charge in [-0.3, -0.25) is 14.9 Å². The number of hydrogen-bond acceptors (Lipinski definition) is 4. The molecule has 24 heavy (non-hydrogen) atoms. The average molecular weight is 330 g/mol. The first-order valence-electron chi connectivity index (χ1n) is 7.51. The van der Waals surface area contributed by atoms with E-state index in [1.54, 1.807) is 12.1 Å². The third-order valence-electron chi connectivity index (χ3n) is 3.88. The Morgan fingerprint density at radius 1 is 1.29 bits per heavy atom. The predicted molar refractivity (Wildman–Crippen MR) is 85.7 cm³/mol. The van der Waals surface area contributed by atoms with Crippen LogP contribution in [-0.4, -0.2) is 24.0 Å². The van der Waals surface area contributed by atoms with E-state index in [0.29, 0.717) is 25.1 Å². The van der Waals surface area contributed by atoms with E-state index in [4.69, 9.17) is 4.74 Å². The molecule has 0 aliphatic carbocycles. The number of benzene rings is 2. The lowest BCUT2D eigenvalue weighted by atomic mass is 10.0. The standard InChI is InChI=1S/C17H15FN2O4/c18-14-5-1-2-6-16(14)24-11-17(21)19-9-3-4-12-10-13(20(22)23)7-8-15(12)19/h1-2,5-8,10H,3-4,9,11H2. The molecule has 0 aromatic heterocycles. The number of hydrogen-bond donors (Lipinski definition) is 0. The summed E-state index contributed by atoms with van der Waals surface area (Å²) in [6.45, 7) is 0.210. The van der Waals surface area contributed by atoms with Gasteiger partial charge in [0.25, 0.3) is 11.6 Å². The summed E-state index contributed by atoms with van der Waals surface area (Å²) in [6, 6.07) is 10.3. The van der Waals surface area contributed by atoms with E-state index >= 15 is 0 Å². The Balaban J connectivity index is 1.75. The first-order chi connectivity index (χ1) is 11.6. The summed E-state index contributed by atoms with van der Waals surface area (Å²) >= 11 is 0. The quantitative estimate of drug-likeness (QED) is 0.638. The number of aryl methyl sites for hydroxylation is 1. The number of carbonyl (C=O) groups excluding carboxylic acids is 1. The zero-order valence-corrected chi connectivity index (χ0v) is 12.8. The highest BCUT2D eigenvalue weighted by Gasteiger charge is 2.24. The molecule has 0 atom stereocenters. The Bertz CT molecular complexity index is 794. The fourth-order valence-electron chi connectivity index (χ4n) is 2.74. The summed E-state index contributed by atoms with van der Waals surface area (Å²) in [5, 5.41) is 10.9. The number of nitrogens with zero attached hydrogens (tertiary/aromatic N) is 2. The van der Waals surface area contributed by atoms with Crippen molar-refractivity contribution in [2.75, 3.05) is 18.1 Å². The zero-order chi connectivity index (χ0) is 17.1. The molecule has 2 aromatic rings. The van der Waals surface area contributed by atoms with Crippen molar-refractivity contribution in [3.8, 4) is 5.75 Å². The van der Waals surface area contributed by atoms with Crippen LogP contribution in [0.1, 0.15) is 12.0 Å². The lowest BCUT2D eigenvalue weighted by Crippen LogP contribution is -2.38. The molecule has 0 saturated heterocycles. The van der Waals surface area contributed by atoms with E-state index in [2.05, 4.69) is 0 Å². The van der Waals surface area contributed by atoms with E-state index in [1.807, 2.05) is 0 Å². The van der Waals surface area contributed by atoms with Crippen LogP contribution in [-0.2, 0) is 11.2 Å². The molecule has 2 aromatic carbocycles. The summed E-state index contributed by atoms with van der Waals surface area (Å²) in [5.41, 5.74) is 1.41. The monoisotopic (exact) mass is 330 g/mol. The second-order valence-electron chi connectivity index (χ2n) is 5.44. The average Bonchev–Trinajstić information content (AvgIpc) is 2.59. The van der Waals surface area contributed by atoms with Gasteiger partial charge in [0, 0.05) is 24.4 Å². The van der Waals surface area contributed by atoms with Crippen LogP contribution in [0.5, 0.6) is 5.75 Å². The maximum atomic E-state index is 13.5. The highest BCUT2D eigenvalue weighted by Crippen LogP contribution is 2.30. The van der Waals surface area contributed by atoms with Gasteiger partial charge < -0.3 is 9.64 Å². The van der Waals surface area contributed by atoms with E-state index < -0.39 is 10.7 Å². The number of nitro groups is 1. The summed E-state index contributed by atoms with van der Waals surface area (Å²) in [6.07, 6.45) is 1.38. The molecule has 1 aliphatic rings. The van der Waals surface area contributed by atoms with E-state index in [0.717, 1.165) is 5.56 Å². The van der Waals surface area contributed by atoms with Gasteiger partial charge in [-0.25, -0.2) is 4.39 Å². The lowest BCUT2D eigenvalue weighted by molar-refractivity contribution is -0.384. The maximum absolute atomic E-state index is 13.5. The summed E-state index contributed by atoms with van der Waals surface area (Å²) in [5.74, 6) is -0.820. The normalized spacial score (nSPS) is 13.3. The van der Waals surface area contributed by atoms with Crippen molar-refractivity contribution in [2.24, 2.45) is 0 Å². The van der Waals surface area contributed by atoms with Crippen molar-refractivity contribution in [3.63, 3.8) is 0 Å². The molecule has 6 nitrogen and oxygen atoms in total. The fourth-order valence-corrected chi connectivity index (χ4v) is 2.74. The van der Waals surface area contributed by atoms with Gasteiger partial charge >= 0.3 is 0 Å². The van der Waals surface area contributed by atoms with Crippen LogP contribution in [0.25, 0.3) is 0 Å². The Morgan fingerprint density at radius 3 is 2.83 bits per heavy atom.